The van der Waals surface area contributed by atoms with Gasteiger partial charge in [0.25, 0.3) is 0 Å². The molecule has 0 bridgehead atoms. The summed E-state index contributed by atoms with van der Waals surface area (Å²) in [6.45, 7) is 24.8. The van der Waals surface area contributed by atoms with Crippen LogP contribution < -0.4 is 28.4 Å². The molecule has 6 aliphatic heterocycles. The van der Waals surface area contributed by atoms with Crippen molar-refractivity contribution in [1.29, 1.82) is 0 Å². The van der Waals surface area contributed by atoms with Gasteiger partial charge in [-0.25, -0.2) is 15.0 Å². The molecule has 0 radical (unpaired) electrons. The number of hydrogen-bond acceptors (Lipinski definition) is 20. The second kappa shape index (κ2) is 41.7. The van der Waals surface area contributed by atoms with Crippen LogP contribution in [-0.4, -0.2) is 228 Å². The largest absolute Gasteiger partial charge is 0.494 e. The molecule has 0 aliphatic carbocycles. The molecule has 6 aromatic carbocycles. The van der Waals surface area contributed by atoms with Gasteiger partial charge in [-0.1, -0.05) is 12.8 Å². The third-order valence-corrected chi connectivity index (χ3v) is 21.7. The maximum absolute atomic E-state index is 6.08. The van der Waals surface area contributed by atoms with E-state index in [9.17, 15) is 0 Å². The Kier molecular flexibility index (Phi) is 30.1. The molecule has 0 N–H and O–H groups in total. The van der Waals surface area contributed by atoms with Gasteiger partial charge >= 0.3 is 0 Å². The second-order valence-corrected chi connectivity index (χ2v) is 29.7. The molecule has 0 amide bonds. The molecule has 15 rings (SSSR count). The lowest BCUT2D eigenvalue weighted by atomic mass is 10.1. The first-order chi connectivity index (χ1) is 52.9. The Morgan fingerprint density at radius 2 is 0.561 bits per heavy atom. The Hall–Kier alpha value is -7.79. The quantitative estimate of drug-likeness (QED) is 0.0336. The predicted octanol–water partition coefficient (Wildman–Crippen LogP) is 16.5. The SMILES string of the molecule is COC[C@H]1CCCN1CCCOc1ccc(-c2nc3ccc(OCCCN4CCC[C@@H]4COC)cc3o2)cc1.c1cc(-c2nc3ccc(OCCCN4CCCC4)cc3o2)ccc1OCCCN1CCCC1.c1cc(-c2nc3ccc(OCCCN4CCCCC4)cc3o2)ccc1OCCCN1CCCCC1. The van der Waals surface area contributed by atoms with Crippen molar-refractivity contribution >= 4 is 33.3 Å². The van der Waals surface area contributed by atoms with Crippen molar-refractivity contribution in [3.8, 4) is 68.9 Å². The van der Waals surface area contributed by atoms with Gasteiger partial charge in [-0.05, 0) is 290 Å². The summed E-state index contributed by atoms with van der Waals surface area (Å²) in [6.07, 6.45) is 24.6. The van der Waals surface area contributed by atoms with Crippen LogP contribution in [0, 0.1) is 0 Å². The van der Waals surface area contributed by atoms with Crippen LogP contribution in [0.15, 0.2) is 141 Å². The van der Waals surface area contributed by atoms with Crippen molar-refractivity contribution in [3.63, 3.8) is 0 Å². The molecule has 0 spiro atoms. The minimum atomic E-state index is 0.550. The number of aromatic nitrogens is 3. The Morgan fingerprint density at radius 3 is 0.850 bits per heavy atom. The molecule has 3 aromatic heterocycles. The number of piperidine rings is 2. The van der Waals surface area contributed by atoms with Crippen molar-refractivity contribution in [2.24, 2.45) is 0 Å². The van der Waals surface area contributed by atoms with E-state index in [-0.39, 0.29) is 0 Å². The standard InChI is InChI=1S/C31H43N3O5.C29H39N3O3.C27H35N3O3/c1-35-22-25-7-3-15-33(25)17-5-19-37-27-11-9-24(10-12-27)31-32-29-14-13-28(21-30(29)39-31)38-20-6-18-34-16-4-8-26(34)23-36-2;1-3-15-31(16-4-1)19-7-21-33-25-11-9-24(10-12-25)29-30-27-14-13-26(23-28(27)35-29)34-22-8-20-32-17-5-2-6-18-32;1-2-14-29(13-1)17-5-19-31-23-9-7-22(8-10-23)27-28-25-12-11-24(21-26(25)33-27)32-20-6-18-30-15-3-4-16-30/h9-14,21,25-26H,3-8,15-20,22-23H2,1-2H3;9-14,23H,1-8,15-22H2;7-12,21H,1-6,13-20H2/t25-,26-;;/m1../s1. The first kappa shape index (κ1) is 77.4. The zero-order valence-corrected chi connectivity index (χ0v) is 63.9. The van der Waals surface area contributed by atoms with Crippen LogP contribution in [0.5, 0.6) is 34.5 Å². The third kappa shape index (κ3) is 23.9. The number of benzene rings is 6. The summed E-state index contributed by atoms with van der Waals surface area (Å²) in [5.74, 6) is 6.98. The number of rotatable bonds is 37. The fourth-order valence-corrected chi connectivity index (χ4v) is 15.8. The molecule has 20 heteroatoms. The summed E-state index contributed by atoms with van der Waals surface area (Å²) < 4.78 is 64.7. The fraction of sp³-hybridized carbons (Fsp3) is 0.552. The molecule has 6 aliphatic rings. The van der Waals surface area contributed by atoms with Crippen LogP contribution in [0.3, 0.4) is 0 Å². The number of ether oxygens (including phenoxy) is 8. The summed E-state index contributed by atoms with van der Waals surface area (Å²) >= 11 is 0. The van der Waals surface area contributed by atoms with E-state index in [0.717, 1.165) is 215 Å². The molecule has 20 nitrogen and oxygen atoms in total. The van der Waals surface area contributed by atoms with Crippen molar-refractivity contribution < 1.29 is 51.1 Å². The highest BCUT2D eigenvalue weighted by Crippen LogP contribution is 2.33. The number of nitrogens with zero attached hydrogens (tertiary/aromatic N) is 9. The van der Waals surface area contributed by atoms with Gasteiger partial charge in [-0.3, -0.25) is 9.80 Å². The van der Waals surface area contributed by atoms with Crippen molar-refractivity contribution in [2.45, 2.75) is 141 Å². The van der Waals surface area contributed by atoms with Crippen molar-refractivity contribution in [2.75, 3.05) is 172 Å². The number of oxazole rings is 3. The summed E-state index contributed by atoms with van der Waals surface area (Å²) in [6, 6.07) is 42.8. The average Bonchev–Trinajstić information content (AvgIpc) is 1.68. The van der Waals surface area contributed by atoms with Gasteiger partial charge in [-0.2, -0.15) is 0 Å². The Morgan fingerprint density at radius 1 is 0.299 bits per heavy atom. The first-order valence-corrected chi connectivity index (χ1v) is 40.6. The molecule has 6 fully saturated rings. The van der Waals surface area contributed by atoms with Gasteiger partial charge in [0, 0.05) is 100 Å². The molecule has 6 saturated heterocycles. The predicted molar refractivity (Wildman–Crippen MR) is 424 cm³/mol. The molecule has 9 heterocycles. The minimum Gasteiger partial charge on any atom is -0.494 e. The highest BCUT2D eigenvalue weighted by atomic mass is 16.5. The topological polar surface area (TPSA) is 171 Å². The van der Waals surface area contributed by atoms with E-state index in [1.807, 2.05) is 127 Å². The zero-order valence-electron chi connectivity index (χ0n) is 63.9. The second-order valence-electron chi connectivity index (χ2n) is 29.7. The molecule has 576 valence electrons. The number of methoxy groups -OCH3 is 2. The highest BCUT2D eigenvalue weighted by Gasteiger charge is 2.26. The van der Waals surface area contributed by atoms with Crippen LogP contribution in [0.2, 0.25) is 0 Å². The van der Waals surface area contributed by atoms with Crippen LogP contribution in [-0.2, 0) is 9.47 Å². The van der Waals surface area contributed by atoms with Gasteiger partial charge in [0.1, 0.15) is 51.0 Å². The van der Waals surface area contributed by atoms with Gasteiger partial charge in [0.2, 0.25) is 17.7 Å². The lowest BCUT2D eigenvalue weighted by molar-refractivity contribution is 0.111. The summed E-state index contributed by atoms with van der Waals surface area (Å²) in [5.41, 5.74) is 7.58. The number of fused-ring (bicyclic) bond motifs is 3. The molecule has 0 unspecified atom stereocenters. The number of likely N-dealkylation sites (tertiary alicyclic amines) is 6. The molecule has 2 atom stereocenters. The normalized spacial score (nSPS) is 18.4. The first-order valence-electron chi connectivity index (χ1n) is 40.6. The Bertz CT molecular complexity index is 4010. The molecular formula is C87H117N9O11. The lowest BCUT2D eigenvalue weighted by Crippen LogP contribution is -2.34. The van der Waals surface area contributed by atoms with Gasteiger partial charge in [0.15, 0.2) is 16.7 Å². The van der Waals surface area contributed by atoms with Crippen LogP contribution >= 0.6 is 0 Å². The van der Waals surface area contributed by atoms with Crippen LogP contribution in [0.1, 0.15) is 128 Å². The highest BCUT2D eigenvalue weighted by molar-refractivity contribution is 5.80. The van der Waals surface area contributed by atoms with E-state index in [0.29, 0.717) is 43.0 Å². The monoisotopic (exact) mass is 1460 g/mol. The fourth-order valence-electron chi connectivity index (χ4n) is 15.8. The average molecular weight is 1460 g/mol. The molecule has 0 saturated carbocycles. The Labute approximate surface area is 634 Å². The minimum absolute atomic E-state index is 0.550. The molecular weight excluding hydrogens is 1350 g/mol. The van der Waals surface area contributed by atoms with Crippen LogP contribution in [0.25, 0.3) is 67.7 Å². The van der Waals surface area contributed by atoms with Crippen LogP contribution in [0.4, 0.5) is 0 Å². The van der Waals surface area contributed by atoms with E-state index in [4.69, 9.17) is 51.1 Å². The van der Waals surface area contributed by atoms with Crippen molar-refractivity contribution in [3.05, 3.63) is 127 Å². The summed E-state index contributed by atoms with van der Waals surface area (Å²) in [7, 11) is 3.57. The van der Waals surface area contributed by atoms with E-state index >= 15 is 0 Å². The van der Waals surface area contributed by atoms with E-state index in [1.54, 1.807) is 14.2 Å². The summed E-state index contributed by atoms with van der Waals surface area (Å²) in [5, 5.41) is 0. The van der Waals surface area contributed by atoms with E-state index in [2.05, 4.69) is 44.4 Å². The smallest absolute Gasteiger partial charge is 0.227 e. The zero-order chi connectivity index (χ0) is 72.9. The molecule has 9 aromatic rings. The maximum atomic E-state index is 6.08. The molecule has 107 heavy (non-hydrogen) atoms. The lowest BCUT2D eigenvalue weighted by Gasteiger charge is -2.26. The number of hydrogen-bond donors (Lipinski definition) is 0. The third-order valence-electron chi connectivity index (χ3n) is 21.7. The van der Waals surface area contributed by atoms with E-state index < -0.39 is 0 Å². The van der Waals surface area contributed by atoms with Gasteiger partial charge < -0.3 is 70.7 Å². The summed E-state index contributed by atoms with van der Waals surface area (Å²) in [4.78, 5) is 29.1. The van der Waals surface area contributed by atoms with Gasteiger partial charge in [0.05, 0.1) is 52.9 Å². The van der Waals surface area contributed by atoms with Gasteiger partial charge in [-0.15, -0.1) is 0 Å². The Balaban J connectivity index is 0.000000142. The maximum Gasteiger partial charge on any atom is 0.227 e. The van der Waals surface area contributed by atoms with Crippen molar-refractivity contribution in [1.82, 2.24) is 44.4 Å². The van der Waals surface area contributed by atoms with E-state index in [1.165, 1.54) is 142 Å².